The van der Waals surface area contributed by atoms with Gasteiger partial charge in [-0.2, -0.15) is 0 Å². The molecule has 1 heterocycles. The number of nitrogens with zero attached hydrogens (tertiary/aromatic N) is 2. The maximum atomic E-state index is 12.0. The van der Waals surface area contributed by atoms with Crippen molar-refractivity contribution in [2.45, 2.75) is 19.8 Å². The maximum Gasteiger partial charge on any atom is 0.251 e. The summed E-state index contributed by atoms with van der Waals surface area (Å²) in [6.07, 6.45) is 1.86. The monoisotopic (exact) mass is 350 g/mol. The third-order valence-corrected chi connectivity index (χ3v) is 4.40. The molecule has 2 aromatic carbocycles. The van der Waals surface area contributed by atoms with E-state index in [1.165, 1.54) is 11.3 Å². The fraction of sp³-hybridized carbons (Fsp3) is 0.333. The van der Waals surface area contributed by atoms with Crippen molar-refractivity contribution < 1.29 is 4.79 Å². The number of fused-ring (bicyclic) bond motifs is 1. The second-order valence-corrected chi connectivity index (χ2v) is 6.24. The van der Waals surface area contributed by atoms with Crippen molar-refractivity contribution in [3.8, 4) is 0 Å². The van der Waals surface area contributed by atoms with E-state index in [4.69, 9.17) is 4.99 Å². The molecule has 136 valence electrons. The van der Waals surface area contributed by atoms with Crippen molar-refractivity contribution in [1.82, 2.24) is 10.6 Å². The standard InChI is InChI=1S/C21H26N4O/c1-2-22-21(25-16-13-17-9-6-7-12-19(17)25)24-15-8-14-23-20(26)18-10-4-3-5-11-18/h3-7,9-12H,2,8,13-16H2,1H3,(H,22,24)(H,23,26). The van der Waals surface area contributed by atoms with Gasteiger partial charge in [-0.15, -0.1) is 0 Å². The molecule has 0 radical (unpaired) electrons. The molecule has 0 aliphatic carbocycles. The van der Waals surface area contributed by atoms with E-state index in [-0.39, 0.29) is 5.91 Å². The molecule has 0 aromatic heterocycles. The first-order chi connectivity index (χ1) is 12.8. The SMILES string of the molecule is CCNC(=NCCCNC(=O)c1ccccc1)N1CCc2ccccc21. The molecule has 0 fully saturated rings. The number of rotatable bonds is 6. The van der Waals surface area contributed by atoms with Gasteiger partial charge in [0.2, 0.25) is 0 Å². The number of amides is 1. The summed E-state index contributed by atoms with van der Waals surface area (Å²) < 4.78 is 0. The lowest BCUT2D eigenvalue weighted by atomic mass is 10.2. The Labute approximate surface area is 155 Å². The average molecular weight is 350 g/mol. The summed E-state index contributed by atoms with van der Waals surface area (Å²) >= 11 is 0. The minimum Gasteiger partial charge on any atom is -0.356 e. The van der Waals surface area contributed by atoms with Crippen molar-refractivity contribution in [2.24, 2.45) is 4.99 Å². The fourth-order valence-electron chi connectivity index (χ4n) is 3.11. The van der Waals surface area contributed by atoms with Gasteiger partial charge in [0.05, 0.1) is 0 Å². The van der Waals surface area contributed by atoms with Gasteiger partial charge < -0.3 is 15.5 Å². The van der Waals surface area contributed by atoms with Crippen LogP contribution in [0.25, 0.3) is 0 Å². The number of carbonyl (C=O) groups excluding carboxylic acids is 1. The molecule has 0 atom stereocenters. The average Bonchev–Trinajstić information content (AvgIpc) is 3.11. The molecule has 26 heavy (non-hydrogen) atoms. The molecule has 1 aliphatic heterocycles. The number of guanidine groups is 1. The molecule has 5 nitrogen and oxygen atoms in total. The van der Waals surface area contributed by atoms with Gasteiger partial charge >= 0.3 is 0 Å². The van der Waals surface area contributed by atoms with E-state index in [1.807, 2.05) is 30.3 Å². The van der Waals surface area contributed by atoms with Gasteiger partial charge in [0.15, 0.2) is 5.96 Å². The molecule has 0 unspecified atom stereocenters. The van der Waals surface area contributed by atoms with Crippen LogP contribution in [0.4, 0.5) is 5.69 Å². The molecule has 1 aliphatic rings. The van der Waals surface area contributed by atoms with Crippen LogP contribution in [0.1, 0.15) is 29.3 Å². The van der Waals surface area contributed by atoms with Crippen LogP contribution in [0.5, 0.6) is 0 Å². The summed E-state index contributed by atoms with van der Waals surface area (Å²) in [5.74, 6) is 0.891. The van der Waals surface area contributed by atoms with Crippen LogP contribution in [0.2, 0.25) is 0 Å². The van der Waals surface area contributed by atoms with Gasteiger partial charge in [-0.25, -0.2) is 0 Å². The Bertz CT molecular complexity index is 758. The number of aliphatic imine (C=N–C) groups is 1. The Morgan fingerprint density at radius 3 is 2.65 bits per heavy atom. The molecule has 3 rings (SSSR count). The van der Waals surface area contributed by atoms with Crippen molar-refractivity contribution in [3.05, 3.63) is 65.7 Å². The van der Waals surface area contributed by atoms with Gasteiger partial charge in [0.1, 0.15) is 0 Å². The number of hydrogen-bond acceptors (Lipinski definition) is 2. The van der Waals surface area contributed by atoms with Gasteiger partial charge in [-0.1, -0.05) is 36.4 Å². The highest BCUT2D eigenvalue weighted by Gasteiger charge is 2.22. The Hall–Kier alpha value is -2.82. The van der Waals surface area contributed by atoms with Crippen LogP contribution < -0.4 is 15.5 Å². The summed E-state index contributed by atoms with van der Waals surface area (Å²) in [5.41, 5.74) is 3.30. The van der Waals surface area contributed by atoms with Crippen molar-refractivity contribution in [1.29, 1.82) is 0 Å². The predicted octanol–water partition coefficient (Wildman–Crippen LogP) is 2.83. The van der Waals surface area contributed by atoms with E-state index >= 15 is 0 Å². The molecular weight excluding hydrogens is 324 g/mol. The molecule has 0 bridgehead atoms. The summed E-state index contributed by atoms with van der Waals surface area (Å²) in [7, 11) is 0. The molecule has 2 aromatic rings. The van der Waals surface area contributed by atoms with E-state index in [0.29, 0.717) is 18.7 Å². The van der Waals surface area contributed by atoms with E-state index < -0.39 is 0 Å². The van der Waals surface area contributed by atoms with E-state index in [2.05, 4.69) is 46.7 Å². The number of nitrogens with one attached hydrogen (secondary N) is 2. The Kier molecular flexibility index (Phi) is 6.25. The first-order valence-electron chi connectivity index (χ1n) is 9.26. The first-order valence-corrected chi connectivity index (χ1v) is 9.26. The third kappa shape index (κ3) is 4.42. The molecule has 1 amide bonds. The van der Waals surface area contributed by atoms with Crippen LogP contribution in [-0.4, -0.2) is 38.0 Å². The largest absolute Gasteiger partial charge is 0.356 e. The Balaban J connectivity index is 1.52. The number of hydrogen-bond donors (Lipinski definition) is 2. The van der Waals surface area contributed by atoms with E-state index in [1.54, 1.807) is 0 Å². The van der Waals surface area contributed by atoms with Gasteiger partial charge in [-0.05, 0) is 43.5 Å². The second-order valence-electron chi connectivity index (χ2n) is 6.24. The third-order valence-electron chi connectivity index (χ3n) is 4.40. The number of anilines is 1. The van der Waals surface area contributed by atoms with E-state index in [9.17, 15) is 4.79 Å². The quantitative estimate of drug-likeness (QED) is 0.478. The van der Waals surface area contributed by atoms with Crippen LogP contribution in [0.3, 0.4) is 0 Å². The molecule has 0 spiro atoms. The highest BCUT2D eigenvalue weighted by atomic mass is 16.1. The first kappa shape index (κ1) is 18.0. The van der Waals surface area contributed by atoms with Crippen molar-refractivity contribution in [3.63, 3.8) is 0 Å². The van der Waals surface area contributed by atoms with Gasteiger partial charge in [0.25, 0.3) is 5.91 Å². The zero-order chi connectivity index (χ0) is 18.2. The van der Waals surface area contributed by atoms with Gasteiger partial charge in [-0.3, -0.25) is 9.79 Å². The lowest BCUT2D eigenvalue weighted by molar-refractivity contribution is 0.0953. The zero-order valence-electron chi connectivity index (χ0n) is 15.2. The minimum atomic E-state index is -0.0324. The van der Waals surface area contributed by atoms with Crippen LogP contribution in [0.15, 0.2) is 59.6 Å². The molecule has 2 N–H and O–H groups in total. The number of benzene rings is 2. The Morgan fingerprint density at radius 2 is 1.85 bits per heavy atom. The maximum absolute atomic E-state index is 12.0. The minimum absolute atomic E-state index is 0.0324. The summed E-state index contributed by atoms with van der Waals surface area (Å²) in [6.45, 7) is 5.17. The van der Waals surface area contributed by atoms with Crippen molar-refractivity contribution >= 4 is 17.6 Å². The number of carbonyl (C=O) groups is 1. The van der Waals surface area contributed by atoms with E-state index in [0.717, 1.165) is 31.9 Å². The topological polar surface area (TPSA) is 56.7 Å². The van der Waals surface area contributed by atoms with Crippen LogP contribution >= 0.6 is 0 Å². The second kappa shape index (κ2) is 9.04. The predicted molar refractivity (Wildman–Crippen MR) is 107 cm³/mol. The summed E-state index contributed by atoms with van der Waals surface area (Å²) in [4.78, 5) is 19.0. The lowest BCUT2D eigenvalue weighted by Crippen LogP contribution is -2.40. The summed E-state index contributed by atoms with van der Waals surface area (Å²) in [6, 6.07) is 17.8. The molecule has 0 saturated heterocycles. The van der Waals surface area contributed by atoms with Crippen LogP contribution in [-0.2, 0) is 6.42 Å². The zero-order valence-corrected chi connectivity index (χ0v) is 15.2. The van der Waals surface area contributed by atoms with Crippen molar-refractivity contribution in [2.75, 3.05) is 31.1 Å². The van der Waals surface area contributed by atoms with Gasteiger partial charge in [0, 0.05) is 37.4 Å². The van der Waals surface area contributed by atoms with Crippen LogP contribution in [0, 0.1) is 0 Å². The normalized spacial score (nSPS) is 13.4. The number of para-hydroxylation sites is 1. The molecular formula is C21H26N4O. The molecule has 5 heteroatoms. The lowest BCUT2D eigenvalue weighted by Gasteiger charge is -2.22. The Morgan fingerprint density at radius 1 is 1.08 bits per heavy atom. The highest BCUT2D eigenvalue weighted by molar-refractivity contribution is 5.98. The smallest absolute Gasteiger partial charge is 0.251 e. The summed E-state index contributed by atoms with van der Waals surface area (Å²) in [5, 5.41) is 6.33. The fourth-order valence-corrected chi connectivity index (χ4v) is 3.11. The molecule has 0 saturated carbocycles. The highest BCUT2D eigenvalue weighted by Crippen LogP contribution is 2.27.